The van der Waals surface area contributed by atoms with Crippen LogP contribution in [-0.4, -0.2) is 43.0 Å². The third-order valence-electron chi connectivity index (χ3n) is 4.89. The molecular weight excluding hydrogens is 402 g/mol. The molecule has 1 aliphatic heterocycles. The van der Waals surface area contributed by atoms with E-state index in [2.05, 4.69) is 15.2 Å². The Morgan fingerprint density at radius 1 is 0.933 bits per heavy atom. The zero-order chi connectivity index (χ0) is 20.9. The van der Waals surface area contributed by atoms with Crippen LogP contribution in [0, 0.1) is 0 Å². The van der Waals surface area contributed by atoms with Crippen molar-refractivity contribution in [2.24, 2.45) is 0 Å². The Morgan fingerprint density at radius 3 is 2.30 bits per heavy atom. The van der Waals surface area contributed by atoms with Gasteiger partial charge < -0.3 is 15.0 Å². The highest BCUT2D eigenvalue weighted by Gasteiger charge is 2.19. The number of morpholine rings is 1. The summed E-state index contributed by atoms with van der Waals surface area (Å²) in [6, 6.07) is 17.0. The number of anilines is 2. The summed E-state index contributed by atoms with van der Waals surface area (Å²) >= 11 is 5.90. The van der Waals surface area contributed by atoms with Crippen molar-refractivity contribution in [2.45, 2.75) is 0 Å². The molecule has 0 atom stereocenters. The van der Waals surface area contributed by atoms with E-state index in [1.807, 2.05) is 6.07 Å². The molecule has 2 heterocycles. The standard InChI is InChI=1S/C23H20ClN3O3/c24-17-7-5-16(6-8-17)22(28)19-3-1-2-4-20(19)23(29)26-21-10-9-18(15-25-21)27-11-13-30-14-12-27/h1-10,15H,11-14H2,(H,25,26,29). The molecule has 6 nitrogen and oxygen atoms in total. The van der Waals surface area contributed by atoms with Gasteiger partial charge in [0.15, 0.2) is 5.78 Å². The Bertz CT molecular complexity index is 1050. The molecule has 1 saturated heterocycles. The smallest absolute Gasteiger partial charge is 0.257 e. The summed E-state index contributed by atoms with van der Waals surface area (Å²) in [6.07, 6.45) is 1.73. The maximum Gasteiger partial charge on any atom is 0.257 e. The molecular formula is C23H20ClN3O3. The molecule has 0 bridgehead atoms. The Labute approximate surface area is 179 Å². The van der Waals surface area contributed by atoms with Crippen LogP contribution in [0.15, 0.2) is 66.9 Å². The Morgan fingerprint density at radius 2 is 1.63 bits per heavy atom. The Kier molecular flexibility index (Phi) is 6.07. The maximum atomic E-state index is 12.9. The fourth-order valence-corrected chi connectivity index (χ4v) is 3.41. The zero-order valence-corrected chi connectivity index (χ0v) is 16.9. The predicted molar refractivity (Wildman–Crippen MR) is 117 cm³/mol. The fourth-order valence-electron chi connectivity index (χ4n) is 3.29. The molecule has 2 aromatic carbocycles. The molecule has 1 N–H and O–H groups in total. The van der Waals surface area contributed by atoms with E-state index in [-0.39, 0.29) is 17.3 Å². The van der Waals surface area contributed by atoms with Crippen LogP contribution in [0.4, 0.5) is 11.5 Å². The molecule has 0 unspecified atom stereocenters. The van der Waals surface area contributed by atoms with Crippen molar-refractivity contribution in [3.63, 3.8) is 0 Å². The van der Waals surface area contributed by atoms with Crippen molar-refractivity contribution >= 4 is 34.8 Å². The van der Waals surface area contributed by atoms with E-state index in [1.165, 1.54) is 0 Å². The van der Waals surface area contributed by atoms with Crippen molar-refractivity contribution in [2.75, 3.05) is 36.5 Å². The van der Waals surface area contributed by atoms with E-state index in [4.69, 9.17) is 16.3 Å². The first kappa shape index (κ1) is 20.1. The van der Waals surface area contributed by atoms with Gasteiger partial charge in [0, 0.05) is 29.2 Å². The van der Waals surface area contributed by atoms with Gasteiger partial charge in [-0.2, -0.15) is 0 Å². The zero-order valence-electron chi connectivity index (χ0n) is 16.2. The van der Waals surface area contributed by atoms with Crippen LogP contribution >= 0.6 is 11.6 Å². The van der Waals surface area contributed by atoms with Gasteiger partial charge in [-0.15, -0.1) is 0 Å². The number of carbonyl (C=O) groups is 2. The molecule has 4 rings (SSSR count). The Balaban J connectivity index is 1.51. The monoisotopic (exact) mass is 421 g/mol. The van der Waals surface area contributed by atoms with E-state index < -0.39 is 0 Å². The van der Waals surface area contributed by atoms with Crippen molar-refractivity contribution in [1.29, 1.82) is 0 Å². The fraction of sp³-hybridized carbons (Fsp3) is 0.174. The summed E-state index contributed by atoms with van der Waals surface area (Å²) < 4.78 is 5.36. The number of nitrogens with one attached hydrogen (secondary N) is 1. The molecule has 152 valence electrons. The summed E-state index contributed by atoms with van der Waals surface area (Å²) in [5, 5.41) is 3.32. The number of amides is 1. The molecule has 0 aliphatic carbocycles. The number of ether oxygens (including phenoxy) is 1. The highest BCUT2D eigenvalue weighted by Crippen LogP contribution is 2.20. The number of hydrogen-bond acceptors (Lipinski definition) is 5. The van der Waals surface area contributed by atoms with E-state index >= 15 is 0 Å². The van der Waals surface area contributed by atoms with Crippen LogP contribution in [0.2, 0.25) is 5.02 Å². The predicted octanol–water partition coefficient (Wildman–Crippen LogP) is 4.05. The summed E-state index contributed by atoms with van der Waals surface area (Å²) in [4.78, 5) is 32.3. The first-order valence-electron chi connectivity index (χ1n) is 9.61. The van der Waals surface area contributed by atoms with Crippen LogP contribution in [0.25, 0.3) is 0 Å². The van der Waals surface area contributed by atoms with Gasteiger partial charge in [-0.25, -0.2) is 4.98 Å². The van der Waals surface area contributed by atoms with Crippen molar-refractivity contribution in [3.8, 4) is 0 Å². The van der Waals surface area contributed by atoms with E-state index in [0.29, 0.717) is 35.2 Å². The average Bonchev–Trinajstić information content (AvgIpc) is 2.80. The highest BCUT2D eigenvalue weighted by molar-refractivity contribution is 6.30. The number of hydrogen-bond donors (Lipinski definition) is 1. The van der Waals surface area contributed by atoms with E-state index in [0.717, 1.165) is 18.8 Å². The van der Waals surface area contributed by atoms with Gasteiger partial charge in [0.25, 0.3) is 5.91 Å². The molecule has 7 heteroatoms. The van der Waals surface area contributed by atoms with Crippen LogP contribution in [0.5, 0.6) is 0 Å². The van der Waals surface area contributed by atoms with E-state index in [1.54, 1.807) is 60.8 Å². The molecule has 1 aromatic heterocycles. The lowest BCUT2D eigenvalue weighted by Crippen LogP contribution is -2.36. The van der Waals surface area contributed by atoms with Crippen LogP contribution in [0.3, 0.4) is 0 Å². The van der Waals surface area contributed by atoms with Gasteiger partial charge in [-0.3, -0.25) is 9.59 Å². The molecule has 1 aliphatic rings. The van der Waals surface area contributed by atoms with Gasteiger partial charge >= 0.3 is 0 Å². The van der Waals surface area contributed by atoms with Crippen molar-refractivity contribution < 1.29 is 14.3 Å². The average molecular weight is 422 g/mol. The molecule has 1 fully saturated rings. The summed E-state index contributed by atoms with van der Waals surface area (Å²) in [5.74, 6) is -0.210. The summed E-state index contributed by atoms with van der Waals surface area (Å²) in [6.45, 7) is 3.01. The molecule has 1 amide bonds. The SMILES string of the molecule is O=C(Nc1ccc(N2CCOCC2)cn1)c1ccccc1C(=O)c1ccc(Cl)cc1. The van der Waals surface area contributed by atoms with Crippen LogP contribution < -0.4 is 10.2 Å². The topological polar surface area (TPSA) is 71.5 Å². The molecule has 0 saturated carbocycles. The van der Waals surface area contributed by atoms with Gasteiger partial charge in [0.2, 0.25) is 0 Å². The number of pyridine rings is 1. The second-order valence-corrected chi connectivity index (χ2v) is 7.27. The number of aromatic nitrogens is 1. The molecule has 0 radical (unpaired) electrons. The number of nitrogens with zero attached hydrogens (tertiary/aromatic N) is 2. The molecule has 30 heavy (non-hydrogen) atoms. The van der Waals surface area contributed by atoms with Gasteiger partial charge in [0.05, 0.1) is 30.7 Å². The summed E-state index contributed by atoms with van der Waals surface area (Å²) in [5.41, 5.74) is 2.06. The van der Waals surface area contributed by atoms with Crippen LogP contribution in [0.1, 0.15) is 26.3 Å². The lowest BCUT2D eigenvalue weighted by atomic mass is 9.98. The second-order valence-electron chi connectivity index (χ2n) is 6.84. The molecule has 3 aromatic rings. The number of benzene rings is 2. The van der Waals surface area contributed by atoms with Gasteiger partial charge in [-0.1, -0.05) is 29.8 Å². The van der Waals surface area contributed by atoms with Crippen molar-refractivity contribution in [3.05, 3.63) is 88.6 Å². The number of halogens is 1. The number of rotatable bonds is 5. The molecule has 0 spiro atoms. The van der Waals surface area contributed by atoms with Gasteiger partial charge in [-0.05, 0) is 42.5 Å². The lowest BCUT2D eigenvalue weighted by Gasteiger charge is -2.28. The quantitative estimate of drug-likeness (QED) is 0.629. The van der Waals surface area contributed by atoms with E-state index in [9.17, 15) is 9.59 Å². The van der Waals surface area contributed by atoms with Gasteiger partial charge in [0.1, 0.15) is 5.82 Å². The normalized spacial score (nSPS) is 13.7. The minimum Gasteiger partial charge on any atom is -0.378 e. The largest absolute Gasteiger partial charge is 0.378 e. The maximum absolute atomic E-state index is 12.9. The second kappa shape index (κ2) is 9.07. The number of ketones is 1. The third-order valence-corrected chi connectivity index (χ3v) is 5.14. The number of carbonyl (C=O) groups excluding carboxylic acids is 2. The highest BCUT2D eigenvalue weighted by atomic mass is 35.5. The minimum atomic E-state index is -0.389. The first-order valence-corrected chi connectivity index (χ1v) is 9.99. The third kappa shape index (κ3) is 4.50. The lowest BCUT2D eigenvalue weighted by molar-refractivity contribution is 0.0996. The van der Waals surface area contributed by atoms with Crippen molar-refractivity contribution in [1.82, 2.24) is 4.98 Å². The Hall–Kier alpha value is -3.22. The van der Waals surface area contributed by atoms with Crippen LogP contribution in [-0.2, 0) is 4.74 Å². The summed E-state index contributed by atoms with van der Waals surface area (Å²) in [7, 11) is 0. The first-order chi connectivity index (χ1) is 14.6. The minimum absolute atomic E-state index is 0.243.